The minimum absolute atomic E-state index is 0.00888. The average molecular weight is 230 g/mol. The fourth-order valence-corrected chi connectivity index (χ4v) is 1.54. The molecule has 1 aliphatic rings. The van der Waals surface area contributed by atoms with E-state index in [0.717, 1.165) is 32.1 Å². The van der Waals surface area contributed by atoms with Gasteiger partial charge in [-0.25, -0.2) is 4.79 Å². The first-order chi connectivity index (χ1) is 7.53. The molecule has 94 valence electrons. The zero-order valence-corrected chi connectivity index (χ0v) is 10.5. The smallest absolute Gasteiger partial charge is 0.429 e. The molecule has 0 radical (unpaired) electrons. The molecule has 4 nitrogen and oxygen atoms in total. The first kappa shape index (κ1) is 13.3. The lowest BCUT2D eigenvalue weighted by atomic mass is 9.98. The Kier molecular flexibility index (Phi) is 5.06. The van der Waals surface area contributed by atoms with Gasteiger partial charge in [-0.3, -0.25) is 4.89 Å². The number of rotatable bonds is 4. The van der Waals surface area contributed by atoms with Crippen LogP contribution in [0.1, 0.15) is 59.3 Å². The van der Waals surface area contributed by atoms with Crippen molar-refractivity contribution in [3.63, 3.8) is 0 Å². The van der Waals surface area contributed by atoms with Crippen LogP contribution in [0.4, 0.5) is 4.79 Å². The largest absolute Gasteiger partial charge is 0.540 e. The van der Waals surface area contributed by atoms with Gasteiger partial charge in [-0.15, -0.1) is 0 Å². The van der Waals surface area contributed by atoms with Crippen molar-refractivity contribution >= 4 is 6.16 Å². The van der Waals surface area contributed by atoms with Crippen molar-refractivity contribution in [2.75, 3.05) is 0 Å². The highest BCUT2D eigenvalue weighted by atomic mass is 17.2. The van der Waals surface area contributed by atoms with Crippen LogP contribution in [0.25, 0.3) is 0 Å². The predicted octanol–water partition coefficient (Wildman–Crippen LogP) is 3.59. The van der Waals surface area contributed by atoms with Gasteiger partial charge < -0.3 is 4.74 Å². The molecule has 0 N–H and O–H groups in total. The molecule has 0 aromatic rings. The summed E-state index contributed by atoms with van der Waals surface area (Å²) in [6, 6.07) is 0. The molecule has 1 aliphatic carbocycles. The molecule has 0 bridgehead atoms. The second-order valence-corrected chi connectivity index (χ2v) is 4.91. The minimum atomic E-state index is -0.714. The zero-order chi connectivity index (χ0) is 12.0. The number of carbonyl (C=O) groups excluding carboxylic acids is 1. The van der Waals surface area contributed by atoms with E-state index in [0.29, 0.717) is 0 Å². The molecule has 0 saturated heterocycles. The second kappa shape index (κ2) is 6.09. The molecule has 16 heavy (non-hydrogen) atoms. The summed E-state index contributed by atoms with van der Waals surface area (Å²) in [5.41, 5.74) is -0.453. The van der Waals surface area contributed by atoms with E-state index < -0.39 is 11.8 Å². The van der Waals surface area contributed by atoms with Crippen molar-refractivity contribution in [2.24, 2.45) is 0 Å². The highest BCUT2D eigenvalue weighted by molar-refractivity contribution is 5.59. The standard InChI is InChI=1S/C12H22O4/c1-4-12(2,3)16-15-11(13)14-10-8-6-5-7-9-10/h10H,4-9H2,1-3H3. The maximum Gasteiger partial charge on any atom is 0.540 e. The maximum absolute atomic E-state index is 11.3. The van der Waals surface area contributed by atoms with Crippen LogP contribution in [0.5, 0.6) is 0 Å². The summed E-state index contributed by atoms with van der Waals surface area (Å²) in [6.07, 6.45) is 5.41. The molecular weight excluding hydrogens is 208 g/mol. The van der Waals surface area contributed by atoms with E-state index in [-0.39, 0.29) is 6.10 Å². The van der Waals surface area contributed by atoms with Gasteiger partial charge in [0, 0.05) is 0 Å². The Hall–Kier alpha value is -0.770. The Morgan fingerprint density at radius 3 is 2.44 bits per heavy atom. The zero-order valence-electron chi connectivity index (χ0n) is 10.5. The molecule has 1 fully saturated rings. The summed E-state index contributed by atoms with van der Waals surface area (Å²) in [7, 11) is 0. The van der Waals surface area contributed by atoms with E-state index >= 15 is 0 Å². The SMILES string of the molecule is CCC(C)(C)OOC(=O)OC1CCCCC1. The second-order valence-electron chi connectivity index (χ2n) is 4.91. The van der Waals surface area contributed by atoms with Gasteiger partial charge in [-0.05, 0) is 46.0 Å². The van der Waals surface area contributed by atoms with Gasteiger partial charge in [-0.2, -0.15) is 4.89 Å². The third-order valence-electron chi connectivity index (χ3n) is 3.00. The molecule has 4 heteroatoms. The third-order valence-corrected chi connectivity index (χ3v) is 3.00. The molecule has 0 aromatic carbocycles. The van der Waals surface area contributed by atoms with Crippen molar-refractivity contribution in [2.45, 2.75) is 71.0 Å². The number of hydrogen-bond acceptors (Lipinski definition) is 4. The molecule has 0 heterocycles. The molecule has 0 spiro atoms. The van der Waals surface area contributed by atoms with E-state index in [1.807, 2.05) is 20.8 Å². The summed E-state index contributed by atoms with van der Waals surface area (Å²) < 4.78 is 5.15. The summed E-state index contributed by atoms with van der Waals surface area (Å²) in [6.45, 7) is 5.69. The number of ether oxygens (including phenoxy) is 1. The topological polar surface area (TPSA) is 44.8 Å². The summed E-state index contributed by atoms with van der Waals surface area (Å²) in [4.78, 5) is 21.0. The van der Waals surface area contributed by atoms with Crippen LogP contribution in [0.3, 0.4) is 0 Å². The number of carbonyl (C=O) groups is 1. The fraction of sp³-hybridized carbons (Fsp3) is 0.917. The monoisotopic (exact) mass is 230 g/mol. The van der Waals surface area contributed by atoms with Gasteiger partial charge >= 0.3 is 6.16 Å². The van der Waals surface area contributed by atoms with Crippen LogP contribution in [-0.2, 0) is 14.5 Å². The molecule has 1 saturated carbocycles. The van der Waals surface area contributed by atoms with Gasteiger partial charge in [0.15, 0.2) is 0 Å². The highest BCUT2D eigenvalue weighted by Gasteiger charge is 2.23. The van der Waals surface area contributed by atoms with Gasteiger partial charge in [-0.1, -0.05) is 13.3 Å². The maximum atomic E-state index is 11.3. The van der Waals surface area contributed by atoms with Gasteiger partial charge in [0.2, 0.25) is 0 Å². The Bertz CT molecular complexity index is 219. The molecule has 0 amide bonds. The molecule has 0 unspecified atom stereocenters. The Labute approximate surface area is 97.2 Å². The number of hydrogen-bond donors (Lipinski definition) is 0. The quantitative estimate of drug-likeness (QED) is 0.420. The van der Waals surface area contributed by atoms with Crippen molar-refractivity contribution in [3.8, 4) is 0 Å². The lowest BCUT2D eigenvalue weighted by Crippen LogP contribution is -2.27. The summed E-state index contributed by atoms with van der Waals surface area (Å²) in [5.74, 6) is 0. The van der Waals surface area contributed by atoms with Crippen molar-refractivity contribution in [1.82, 2.24) is 0 Å². The van der Waals surface area contributed by atoms with Crippen LogP contribution in [0.15, 0.2) is 0 Å². The fourth-order valence-electron chi connectivity index (χ4n) is 1.54. The normalized spacial score (nSPS) is 18.2. The van der Waals surface area contributed by atoms with Gasteiger partial charge in [0.05, 0.1) is 0 Å². The average Bonchev–Trinajstić information content (AvgIpc) is 2.28. The molecule has 0 aliphatic heterocycles. The van der Waals surface area contributed by atoms with Gasteiger partial charge in [0.25, 0.3) is 0 Å². The highest BCUT2D eigenvalue weighted by Crippen LogP contribution is 2.21. The van der Waals surface area contributed by atoms with Crippen LogP contribution >= 0.6 is 0 Å². The van der Waals surface area contributed by atoms with Crippen LogP contribution < -0.4 is 0 Å². The minimum Gasteiger partial charge on any atom is -0.429 e. The summed E-state index contributed by atoms with van der Waals surface area (Å²) >= 11 is 0. The van der Waals surface area contributed by atoms with Crippen LogP contribution in [0, 0.1) is 0 Å². The first-order valence-electron chi connectivity index (χ1n) is 6.10. The molecule has 0 aromatic heterocycles. The Morgan fingerprint density at radius 2 is 1.88 bits per heavy atom. The van der Waals surface area contributed by atoms with Gasteiger partial charge in [0.1, 0.15) is 11.7 Å². The van der Waals surface area contributed by atoms with E-state index in [1.54, 1.807) is 0 Å². The van der Waals surface area contributed by atoms with E-state index in [4.69, 9.17) is 9.62 Å². The third kappa shape index (κ3) is 4.84. The van der Waals surface area contributed by atoms with Crippen molar-refractivity contribution in [1.29, 1.82) is 0 Å². The first-order valence-corrected chi connectivity index (χ1v) is 6.10. The molecule has 0 atom stereocenters. The Balaban J connectivity index is 2.19. The van der Waals surface area contributed by atoms with Crippen molar-refractivity contribution < 1.29 is 19.3 Å². The lowest BCUT2D eigenvalue weighted by molar-refractivity contribution is -0.319. The molecule has 1 rings (SSSR count). The Morgan fingerprint density at radius 1 is 1.25 bits per heavy atom. The van der Waals surface area contributed by atoms with E-state index in [9.17, 15) is 4.79 Å². The van der Waals surface area contributed by atoms with E-state index in [1.165, 1.54) is 6.42 Å². The van der Waals surface area contributed by atoms with E-state index in [2.05, 4.69) is 4.89 Å². The lowest BCUT2D eigenvalue weighted by Gasteiger charge is -2.23. The van der Waals surface area contributed by atoms with Crippen LogP contribution in [-0.4, -0.2) is 17.9 Å². The summed E-state index contributed by atoms with van der Waals surface area (Å²) in [5, 5.41) is 0. The predicted molar refractivity (Wildman–Crippen MR) is 59.9 cm³/mol. The molecular formula is C12H22O4. The van der Waals surface area contributed by atoms with Crippen molar-refractivity contribution in [3.05, 3.63) is 0 Å². The van der Waals surface area contributed by atoms with Crippen LogP contribution in [0.2, 0.25) is 0 Å².